The molecule has 0 N–H and O–H groups in total. The number of anilines is 1. The van der Waals surface area contributed by atoms with Gasteiger partial charge in [0.05, 0.1) is 0 Å². The Morgan fingerprint density at radius 2 is 1.78 bits per heavy atom. The lowest BCUT2D eigenvalue weighted by Crippen LogP contribution is -2.48. The molecule has 1 fully saturated rings. The fraction of sp³-hybridized carbons (Fsp3) is 0.650. The van der Waals surface area contributed by atoms with Crippen molar-refractivity contribution in [2.24, 2.45) is 5.92 Å². The molecule has 23 heavy (non-hydrogen) atoms. The smallest absolute Gasteiger partial charge is 0.226 e. The SMILES string of the molecule is CCC(=O)N(c1ccc(CC)cc1)C1CCN(CC(C)C)CC1. The van der Waals surface area contributed by atoms with Crippen LogP contribution in [0.15, 0.2) is 24.3 Å². The van der Waals surface area contributed by atoms with Gasteiger partial charge in [-0.1, -0.05) is 39.8 Å². The van der Waals surface area contributed by atoms with Gasteiger partial charge in [-0.05, 0) is 42.9 Å². The fourth-order valence-corrected chi connectivity index (χ4v) is 3.50. The first-order valence-corrected chi connectivity index (χ1v) is 9.18. The number of aryl methyl sites for hydroxylation is 1. The van der Waals surface area contributed by atoms with Crippen LogP contribution in [0.4, 0.5) is 5.69 Å². The lowest BCUT2D eigenvalue weighted by molar-refractivity contribution is -0.119. The molecule has 0 aliphatic carbocycles. The summed E-state index contributed by atoms with van der Waals surface area (Å²) in [6.45, 7) is 12.0. The van der Waals surface area contributed by atoms with E-state index in [2.05, 4.69) is 54.8 Å². The molecule has 1 aromatic carbocycles. The second kappa shape index (κ2) is 8.49. The molecule has 1 aliphatic rings. The van der Waals surface area contributed by atoms with Crippen LogP contribution in [0, 0.1) is 5.92 Å². The number of nitrogens with zero attached hydrogens (tertiary/aromatic N) is 2. The topological polar surface area (TPSA) is 23.6 Å². The van der Waals surface area contributed by atoms with Crippen molar-refractivity contribution in [3.63, 3.8) is 0 Å². The molecule has 0 saturated carbocycles. The minimum Gasteiger partial charge on any atom is -0.309 e. The van der Waals surface area contributed by atoms with Crippen LogP contribution in [-0.4, -0.2) is 36.5 Å². The van der Waals surface area contributed by atoms with Gasteiger partial charge in [-0.25, -0.2) is 0 Å². The van der Waals surface area contributed by atoms with Crippen molar-refractivity contribution in [2.45, 2.75) is 59.4 Å². The Kier molecular flexibility index (Phi) is 6.64. The number of amides is 1. The van der Waals surface area contributed by atoms with Crippen molar-refractivity contribution < 1.29 is 4.79 Å². The monoisotopic (exact) mass is 316 g/mol. The van der Waals surface area contributed by atoms with E-state index in [0.29, 0.717) is 18.4 Å². The van der Waals surface area contributed by atoms with Gasteiger partial charge in [-0.15, -0.1) is 0 Å². The second-order valence-corrected chi connectivity index (χ2v) is 7.06. The Morgan fingerprint density at radius 1 is 1.17 bits per heavy atom. The highest BCUT2D eigenvalue weighted by Crippen LogP contribution is 2.25. The maximum atomic E-state index is 12.5. The summed E-state index contributed by atoms with van der Waals surface area (Å²) < 4.78 is 0. The molecule has 1 aromatic rings. The third-order valence-corrected chi connectivity index (χ3v) is 4.74. The van der Waals surface area contributed by atoms with E-state index in [0.717, 1.165) is 38.0 Å². The first kappa shape index (κ1) is 18.0. The van der Waals surface area contributed by atoms with Crippen molar-refractivity contribution >= 4 is 11.6 Å². The molecular formula is C20H32N2O. The summed E-state index contributed by atoms with van der Waals surface area (Å²) >= 11 is 0. The maximum Gasteiger partial charge on any atom is 0.226 e. The highest BCUT2D eigenvalue weighted by atomic mass is 16.2. The zero-order valence-electron chi connectivity index (χ0n) is 15.2. The number of carbonyl (C=O) groups excluding carboxylic acids is 1. The number of benzene rings is 1. The van der Waals surface area contributed by atoms with E-state index in [1.54, 1.807) is 0 Å². The first-order chi connectivity index (χ1) is 11.0. The van der Waals surface area contributed by atoms with Crippen molar-refractivity contribution in [2.75, 3.05) is 24.5 Å². The standard InChI is InChI=1S/C20H32N2O/c1-5-17-7-9-18(10-8-17)22(20(23)6-2)19-11-13-21(14-12-19)15-16(3)4/h7-10,16,19H,5-6,11-15H2,1-4H3. The molecule has 3 heteroatoms. The Bertz CT molecular complexity index is 487. The molecule has 1 heterocycles. The zero-order chi connectivity index (χ0) is 16.8. The normalized spacial score (nSPS) is 16.7. The van der Waals surface area contributed by atoms with Crippen molar-refractivity contribution in [1.29, 1.82) is 0 Å². The number of carbonyl (C=O) groups is 1. The van der Waals surface area contributed by atoms with Gasteiger partial charge in [-0.3, -0.25) is 4.79 Å². The molecule has 3 nitrogen and oxygen atoms in total. The fourth-order valence-electron chi connectivity index (χ4n) is 3.50. The number of rotatable bonds is 6. The van der Waals surface area contributed by atoms with Gasteiger partial charge in [0.25, 0.3) is 0 Å². The predicted octanol–water partition coefficient (Wildman–Crippen LogP) is 4.11. The molecule has 0 spiro atoms. The largest absolute Gasteiger partial charge is 0.309 e. The number of hydrogen-bond acceptors (Lipinski definition) is 2. The van der Waals surface area contributed by atoms with Gasteiger partial charge >= 0.3 is 0 Å². The molecular weight excluding hydrogens is 284 g/mol. The quantitative estimate of drug-likeness (QED) is 0.788. The van der Waals surface area contributed by atoms with Crippen molar-refractivity contribution in [3.8, 4) is 0 Å². The van der Waals surface area contributed by atoms with E-state index in [1.807, 2.05) is 6.92 Å². The molecule has 0 aromatic heterocycles. The molecule has 0 atom stereocenters. The third-order valence-electron chi connectivity index (χ3n) is 4.74. The van der Waals surface area contributed by atoms with Crippen LogP contribution in [0.25, 0.3) is 0 Å². The minimum absolute atomic E-state index is 0.247. The van der Waals surface area contributed by atoms with E-state index in [1.165, 1.54) is 12.1 Å². The van der Waals surface area contributed by atoms with Gasteiger partial charge < -0.3 is 9.80 Å². The van der Waals surface area contributed by atoms with Gasteiger partial charge in [0, 0.05) is 37.8 Å². The van der Waals surface area contributed by atoms with Crippen LogP contribution in [0.3, 0.4) is 0 Å². The van der Waals surface area contributed by atoms with E-state index in [4.69, 9.17) is 0 Å². The van der Waals surface area contributed by atoms with Gasteiger partial charge in [0.2, 0.25) is 5.91 Å². The summed E-state index contributed by atoms with van der Waals surface area (Å²) in [5.41, 5.74) is 2.39. The van der Waals surface area contributed by atoms with E-state index in [-0.39, 0.29) is 5.91 Å². The van der Waals surface area contributed by atoms with E-state index < -0.39 is 0 Å². The summed E-state index contributed by atoms with van der Waals surface area (Å²) in [6, 6.07) is 8.89. The lowest BCUT2D eigenvalue weighted by atomic mass is 10.00. The van der Waals surface area contributed by atoms with Gasteiger partial charge in [0.1, 0.15) is 0 Å². The summed E-state index contributed by atoms with van der Waals surface area (Å²) in [5.74, 6) is 0.957. The van der Waals surface area contributed by atoms with Crippen LogP contribution < -0.4 is 4.90 Å². The summed E-state index contributed by atoms with van der Waals surface area (Å²) in [6.07, 6.45) is 3.76. The number of hydrogen-bond donors (Lipinski definition) is 0. The Hall–Kier alpha value is -1.35. The molecule has 0 radical (unpaired) electrons. The number of likely N-dealkylation sites (tertiary alicyclic amines) is 1. The predicted molar refractivity (Wildman–Crippen MR) is 97.9 cm³/mol. The molecule has 1 amide bonds. The highest BCUT2D eigenvalue weighted by Gasteiger charge is 2.28. The first-order valence-electron chi connectivity index (χ1n) is 9.18. The molecule has 128 valence electrons. The summed E-state index contributed by atoms with van der Waals surface area (Å²) in [4.78, 5) is 17.1. The van der Waals surface area contributed by atoms with E-state index in [9.17, 15) is 4.79 Å². The van der Waals surface area contributed by atoms with Crippen LogP contribution >= 0.6 is 0 Å². The van der Waals surface area contributed by atoms with Crippen LogP contribution in [0.5, 0.6) is 0 Å². The van der Waals surface area contributed by atoms with Crippen LogP contribution in [-0.2, 0) is 11.2 Å². The zero-order valence-corrected chi connectivity index (χ0v) is 15.2. The average Bonchev–Trinajstić information content (AvgIpc) is 2.56. The molecule has 0 bridgehead atoms. The second-order valence-electron chi connectivity index (χ2n) is 7.06. The Morgan fingerprint density at radius 3 is 2.26 bits per heavy atom. The molecule has 1 saturated heterocycles. The van der Waals surface area contributed by atoms with Crippen molar-refractivity contribution in [1.82, 2.24) is 4.90 Å². The van der Waals surface area contributed by atoms with Crippen molar-refractivity contribution in [3.05, 3.63) is 29.8 Å². The third kappa shape index (κ3) is 4.81. The van der Waals surface area contributed by atoms with Gasteiger partial charge in [-0.2, -0.15) is 0 Å². The molecule has 1 aliphatic heterocycles. The minimum atomic E-state index is 0.247. The lowest BCUT2D eigenvalue weighted by Gasteiger charge is -2.39. The Labute approximate surface area is 141 Å². The van der Waals surface area contributed by atoms with E-state index >= 15 is 0 Å². The number of piperidine rings is 1. The van der Waals surface area contributed by atoms with Crippen LogP contribution in [0.2, 0.25) is 0 Å². The Balaban J connectivity index is 2.08. The summed E-state index contributed by atoms with van der Waals surface area (Å²) in [7, 11) is 0. The molecule has 2 rings (SSSR count). The van der Waals surface area contributed by atoms with Crippen LogP contribution in [0.1, 0.15) is 52.5 Å². The maximum absolute atomic E-state index is 12.5. The summed E-state index contributed by atoms with van der Waals surface area (Å²) in [5, 5.41) is 0. The molecule has 0 unspecified atom stereocenters. The average molecular weight is 316 g/mol. The highest BCUT2D eigenvalue weighted by molar-refractivity contribution is 5.93. The van der Waals surface area contributed by atoms with Gasteiger partial charge in [0.15, 0.2) is 0 Å².